The van der Waals surface area contributed by atoms with Gasteiger partial charge < -0.3 is 29.2 Å². The lowest BCUT2D eigenvalue weighted by Crippen LogP contribution is -2.28. The van der Waals surface area contributed by atoms with Gasteiger partial charge in [-0.1, -0.05) is 26.0 Å². The number of para-hydroxylation sites is 2. The molecule has 7 nitrogen and oxygen atoms in total. The molecule has 0 aliphatic heterocycles. The normalized spacial score (nSPS) is 10.6. The van der Waals surface area contributed by atoms with Crippen molar-refractivity contribution in [2.75, 3.05) is 52.9 Å². The van der Waals surface area contributed by atoms with Crippen LogP contribution in [0.2, 0.25) is 0 Å². The summed E-state index contributed by atoms with van der Waals surface area (Å²) in [7, 11) is 4.64. The van der Waals surface area contributed by atoms with Gasteiger partial charge in [0.15, 0.2) is 11.5 Å². The number of rotatable bonds is 12. The number of nitrogens with one attached hydrogen (secondary N) is 1. The molecule has 2 aromatic rings. The number of ether oxygens (including phenoxy) is 4. The number of nitrogens with zero attached hydrogens (tertiary/aromatic N) is 1. The van der Waals surface area contributed by atoms with E-state index in [1.165, 1.54) is 0 Å². The zero-order chi connectivity index (χ0) is 21.9. The van der Waals surface area contributed by atoms with Crippen LogP contribution in [0.25, 0.3) is 0 Å². The van der Waals surface area contributed by atoms with Gasteiger partial charge in [0.05, 0.1) is 33.4 Å². The minimum Gasteiger partial charge on any atom is -0.493 e. The van der Waals surface area contributed by atoms with Crippen molar-refractivity contribution in [3.05, 3.63) is 42.0 Å². The minimum absolute atomic E-state index is 0.157. The van der Waals surface area contributed by atoms with Crippen LogP contribution in [0.15, 0.2) is 36.4 Å². The van der Waals surface area contributed by atoms with Crippen LogP contribution in [0.4, 0.5) is 5.69 Å². The monoisotopic (exact) mass is 416 g/mol. The number of benzene rings is 2. The van der Waals surface area contributed by atoms with Crippen LogP contribution in [-0.2, 0) is 11.2 Å². The van der Waals surface area contributed by atoms with Crippen LogP contribution in [0.1, 0.15) is 19.4 Å². The van der Waals surface area contributed by atoms with Crippen molar-refractivity contribution >= 4 is 11.6 Å². The molecule has 0 atom stereocenters. The molecular formula is C23H32N2O5. The molecule has 0 saturated heterocycles. The summed E-state index contributed by atoms with van der Waals surface area (Å²) in [4.78, 5) is 15.0. The van der Waals surface area contributed by atoms with E-state index in [2.05, 4.69) is 24.1 Å². The standard InChI is InChI=1S/C23H32N2O5/c1-6-25(7-2)12-13-30-19-11-9-8-10-18(19)24-22(26)16-17-14-20(27-3)23(29-5)21(15-17)28-4/h8-11,14-15H,6-7,12-13,16H2,1-5H3,(H,24,26). The Hall–Kier alpha value is -2.93. The predicted molar refractivity (Wildman–Crippen MR) is 118 cm³/mol. The predicted octanol–water partition coefficient (Wildman–Crippen LogP) is 3.61. The van der Waals surface area contributed by atoms with Gasteiger partial charge in [-0.3, -0.25) is 4.79 Å². The second-order valence-corrected chi connectivity index (χ2v) is 6.63. The van der Waals surface area contributed by atoms with E-state index < -0.39 is 0 Å². The van der Waals surface area contributed by atoms with Gasteiger partial charge in [0.1, 0.15) is 12.4 Å². The van der Waals surface area contributed by atoms with E-state index in [1.807, 2.05) is 24.3 Å². The third-order valence-corrected chi connectivity index (χ3v) is 4.81. The summed E-state index contributed by atoms with van der Waals surface area (Å²) in [6, 6.07) is 11.0. The lowest BCUT2D eigenvalue weighted by molar-refractivity contribution is -0.115. The highest BCUT2D eigenvalue weighted by atomic mass is 16.5. The molecule has 164 valence electrons. The average molecular weight is 417 g/mol. The van der Waals surface area contributed by atoms with E-state index in [0.717, 1.165) is 25.2 Å². The van der Waals surface area contributed by atoms with Gasteiger partial charge in [0, 0.05) is 6.54 Å². The maximum Gasteiger partial charge on any atom is 0.228 e. The second-order valence-electron chi connectivity index (χ2n) is 6.63. The number of methoxy groups -OCH3 is 3. The molecule has 0 spiro atoms. The van der Waals surface area contributed by atoms with E-state index in [9.17, 15) is 4.79 Å². The van der Waals surface area contributed by atoms with Crippen molar-refractivity contribution < 1.29 is 23.7 Å². The molecule has 0 aliphatic rings. The van der Waals surface area contributed by atoms with Gasteiger partial charge in [0.2, 0.25) is 11.7 Å². The third kappa shape index (κ3) is 6.29. The minimum atomic E-state index is -0.163. The zero-order valence-corrected chi connectivity index (χ0v) is 18.5. The molecule has 1 amide bonds. The molecule has 1 N–H and O–H groups in total. The lowest BCUT2D eigenvalue weighted by atomic mass is 10.1. The first-order valence-corrected chi connectivity index (χ1v) is 10.1. The topological polar surface area (TPSA) is 69.3 Å². The van der Waals surface area contributed by atoms with Crippen molar-refractivity contribution in [3.63, 3.8) is 0 Å². The fraction of sp³-hybridized carbons (Fsp3) is 0.435. The van der Waals surface area contributed by atoms with Gasteiger partial charge in [-0.2, -0.15) is 0 Å². The number of hydrogen-bond donors (Lipinski definition) is 1. The molecule has 0 aliphatic carbocycles. The van der Waals surface area contributed by atoms with Crippen LogP contribution >= 0.6 is 0 Å². The van der Waals surface area contributed by atoms with Crippen LogP contribution in [0.3, 0.4) is 0 Å². The number of amides is 1. The van der Waals surface area contributed by atoms with Crippen LogP contribution in [0.5, 0.6) is 23.0 Å². The summed E-state index contributed by atoms with van der Waals surface area (Å²) in [6.07, 6.45) is 0.157. The SMILES string of the molecule is CCN(CC)CCOc1ccccc1NC(=O)Cc1cc(OC)c(OC)c(OC)c1. The van der Waals surface area contributed by atoms with Gasteiger partial charge >= 0.3 is 0 Å². The van der Waals surface area contributed by atoms with E-state index in [4.69, 9.17) is 18.9 Å². The molecule has 2 aromatic carbocycles. The highest BCUT2D eigenvalue weighted by Gasteiger charge is 2.16. The average Bonchev–Trinajstić information content (AvgIpc) is 2.76. The van der Waals surface area contributed by atoms with Crippen LogP contribution < -0.4 is 24.3 Å². The molecule has 7 heteroatoms. The van der Waals surface area contributed by atoms with Crippen LogP contribution in [-0.4, -0.2) is 58.4 Å². The molecule has 0 heterocycles. The van der Waals surface area contributed by atoms with Crippen molar-refractivity contribution in [1.29, 1.82) is 0 Å². The van der Waals surface area contributed by atoms with Gasteiger partial charge in [-0.25, -0.2) is 0 Å². The van der Waals surface area contributed by atoms with Gasteiger partial charge in [-0.05, 0) is 42.9 Å². The number of carbonyl (C=O) groups excluding carboxylic acids is 1. The van der Waals surface area contributed by atoms with E-state index in [1.54, 1.807) is 33.5 Å². The van der Waals surface area contributed by atoms with E-state index in [0.29, 0.717) is 35.3 Å². The first kappa shape index (κ1) is 23.3. The summed E-state index contributed by atoms with van der Waals surface area (Å²) in [5.74, 6) is 2.02. The molecule has 0 bridgehead atoms. The zero-order valence-electron chi connectivity index (χ0n) is 18.5. The molecule has 0 radical (unpaired) electrons. The molecule has 0 fully saturated rings. The molecular weight excluding hydrogens is 384 g/mol. The number of carbonyl (C=O) groups is 1. The Morgan fingerprint density at radius 2 is 1.57 bits per heavy atom. The Labute approximate surface area is 178 Å². The summed E-state index contributed by atoms with van der Waals surface area (Å²) >= 11 is 0. The smallest absolute Gasteiger partial charge is 0.228 e. The van der Waals surface area contributed by atoms with Crippen LogP contribution in [0, 0.1) is 0 Å². The summed E-state index contributed by atoms with van der Waals surface area (Å²) < 4.78 is 22.0. The second kappa shape index (κ2) is 11.9. The van der Waals surface area contributed by atoms with Crippen molar-refractivity contribution in [1.82, 2.24) is 4.90 Å². The largest absolute Gasteiger partial charge is 0.493 e. The maximum absolute atomic E-state index is 12.7. The first-order valence-electron chi connectivity index (χ1n) is 10.1. The quantitative estimate of drug-likeness (QED) is 0.570. The summed E-state index contributed by atoms with van der Waals surface area (Å²) in [5, 5.41) is 2.94. The van der Waals surface area contributed by atoms with Crippen molar-refractivity contribution in [2.24, 2.45) is 0 Å². The molecule has 2 rings (SSSR count). The lowest BCUT2D eigenvalue weighted by Gasteiger charge is -2.19. The van der Waals surface area contributed by atoms with Crippen molar-refractivity contribution in [2.45, 2.75) is 20.3 Å². The Morgan fingerprint density at radius 3 is 2.13 bits per heavy atom. The molecule has 0 aromatic heterocycles. The fourth-order valence-corrected chi connectivity index (χ4v) is 3.14. The Bertz CT molecular complexity index is 796. The Kier molecular flexibility index (Phi) is 9.28. The third-order valence-electron chi connectivity index (χ3n) is 4.81. The van der Waals surface area contributed by atoms with Gasteiger partial charge in [-0.15, -0.1) is 0 Å². The number of hydrogen-bond acceptors (Lipinski definition) is 6. The summed E-state index contributed by atoms with van der Waals surface area (Å²) in [5.41, 5.74) is 1.40. The molecule has 0 unspecified atom stereocenters. The maximum atomic E-state index is 12.7. The Balaban J connectivity index is 2.07. The van der Waals surface area contributed by atoms with Crippen molar-refractivity contribution in [3.8, 4) is 23.0 Å². The van der Waals surface area contributed by atoms with Gasteiger partial charge in [0.25, 0.3) is 0 Å². The fourth-order valence-electron chi connectivity index (χ4n) is 3.14. The highest BCUT2D eigenvalue weighted by Crippen LogP contribution is 2.38. The summed E-state index contributed by atoms with van der Waals surface area (Å²) in [6.45, 7) is 7.60. The van der Waals surface area contributed by atoms with E-state index in [-0.39, 0.29) is 12.3 Å². The Morgan fingerprint density at radius 1 is 0.933 bits per heavy atom. The number of anilines is 1. The molecule has 30 heavy (non-hydrogen) atoms. The molecule has 0 saturated carbocycles. The van der Waals surface area contributed by atoms with E-state index >= 15 is 0 Å². The first-order chi connectivity index (χ1) is 14.6. The number of likely N-dealkylation sites (N-methyl/N-ethyl adjacent to an activating group) is 1. The highest BCUT2D eigenvalue weighted by molar-refractivity contribution is 5.93.